The van der Waals surface area contributed by atoms with E-state index in [-0.39, 0.29) is 27.9 Å². The van der Waals surface area contributed by atoms with Gasteiger partial charge in [-0.15, -0.1) is 16.4 Å². The number of nitrogens with one attached hydrogen (secondary N) is 1. The van der Waals surface area contributed by atoms with Gasteiger partial charge in [-0.05, 0) is 35.7 Å². The Morgan fingerprint density at radius 1 is 1.10 bits per heavy atom. The van der Waals surface area contributed by atoms with Crippen molar-refractivity contribution >= 4 is 57.6 Å². The number of nitro groups is 1. The number of amides is 1. The van der Waals surface area contributed by atoms with Crippen LogP contribution in [0.2, 0.25) is 10.0 Å². The van der Waals surface area contributed by atoms with Crippen molar-refractivity contribution in [1.82, 2.24) is 19.6 Å². The first-order valence-electron chi connectivity index (χ1n) is 10.6. The van der Waals surface area contributed by atoms with Crippen molar-refractivity contribution in [2.24, 2.45) is 0 Å². The molecular formula is C23H11Cl2F3N6O4S. The van der Waals surface area contributed by atoms with Gasteiger partial charge < -0.3 is 10.1 Å². The van der Waals surface area contributed by atoms with Crippen molar-refractivity contribution < 1.29 is 27.6 Å². The molecule has 2 aromatic carbocycles. The predicted molar refractivity (Wildman–Crippen MR) is 137 cm³/mol. The number of hydrogen-bond donors (Lipinski definition) is 1. The molecule has 0 saturated heterocycles. The molecule has 0 spiro atoms. The fraction of sp³-hybridized carbons (Fsp3) is 0.0435. The van der Waals surface area contributed by atoms with Crippen LogP contribution < -0.4 is 10.1 Å². The summed E-state index contributed by atoms with van der Waals surface area (Å²) in [6.45, 7) is 0. The van der Waals surface area contributed by atoms with Gasteiger partial charge in [-0.2, -0.15) is 22.7 Å². The highest BCUT2D eigenvalue weighted by molar-refractivity contribution is 7.13. The first-order valence-corrected chi connectivity index (χ1v) is 12.2. The molecule has 16 heteroatoms. The summed E-state index contributed by atoms with van der Waals surface area (Å²) in [7, 11) is 0. The van der Waals surface area contributed by atoms with Crippen LogP contribution in [0.4, 0.5) is 24.5 Å². The van der Waals surface area contributed by atoms with Crippen LogP contribution in [0.15, 0.2) is 60.0 Å². The maximum atomic E-state index is 13.8. The number of carbonyl (C=O) groups excluding carboxylic acids is 1. The molecule has 0 aliphatic rings. The van der Waals surface area contributed by atoms with Gasteiger partial charge in [0.2, 0.25) is 5.82 Å². The van der Waals surface area contributed by atoms with E-state index >= 15 is 0 Å². The van der Waals surface area contributed by atoms with Gasteiger partial charge in [0.1, 0.15) is 11.5 Å². The van der Waals surface area contributed by atoms with E-state index in [9.17, 15) is 28.1 Å². The Kier molecular flexibility index (Phi) is 6.84. The summed E-state index contributed by atoms with van der Waals surface area (Å²) >= 11 is 13.1. The third-order valence-electron chi connectivity index (χ3n) is 5.06. The van der Waals surface area contributed by atoms with E-state index in [0.717, 1.165) is 18.2 Å². The lowest BCUT2D eigenvalue weighted by Gasteiger charge is -2.10. The number of thiophene rings is 1. The molecule has 198 valence electrons. The quantitative estimate of drug-likeness (QED) is 0.164. The molecule has 10 nitrogen and oxygen atoms in total. The Balaban J connectivity index is 1.49. The second-order valence-corrected chi connectivity index (χ2v) is 9.54. The van der Waals surface area contributed by atoms with Crippen LogP contribution in [0, 0.1) is 10.1 Å². The van der Waals surface area contributed by atoms with E-state index in [4.69, 9.17) is 27.9 Å². The smallest absolute Gasteiger partial charge is 0.433 e. The lowest BCUT2D eigenvalue weighted by atomic mass is 10.2. The van der Waals surface area contributed by atoms with E-state index < -0.39 is 40.0 Å². The third kappa shape index (κ3) is 5.62. The number of ether oxygens (including phenoxy) is 1. The van der Waals surface area contributed by atoms with E-state index in [1.165, 1.54) is 35.6 Å². The molecular weight excluding hydrogens is 584 g/mol. The molecule has 5 aromatic rings. The molecule has 0 atom stereocenters. The fourth-order valence-electron chi connectivity index (χ4n) is 3.41. The first-order chi connectivity index (χ1) is 18.5. The van der Waals surface area contributed by atoms with Crippen molar-refractivity contribution in [3.05, 3.63) is 91.7 Å². The standard InChI is InChI=1S/C23H11Cl2F3N6O4S/c24-11-3-4-17(15(25)6-11)38-14-8-12(7-13(9-14)34(36)37)29-21(35)20-31-22-30-16(18-2-1-5-39-18)10-19(23(26,27)28)33(22)32-20/h1-10H,(H,29,35). The number of nitrogens with zero attached hydrogens (tertiary/aromatic N) is 5. The summed E-state index contributed by atoms with van der Waals surface area (Å²) in [5.41, 5.74) is -1.74. The number of alkyl halides is 3. The van der Waals surface area contributed by atoms with Crippen LogP contribution in [0.3, 0.4) is 0 Å². The van der Waals surface area contributed by atoms with Gasteiger partial charge in [-0.1, -0.05) is 29.3 Å². The maximum Gasteiger partial charge on any atom is 0.433 e. The number of rotatable bonds is 6. The Morgan fingerprint density at radius 3 is 2.56 bits per heavy atom. The molecule has 0 radical (unpaired) electrons. The van der Waals surface area contributed by atoms with Crippen molar-refractivity contribution in [1.29, 1.82) is 0 Å². The van der Waals surface area contributed by atoms with Gasteiger partial charge in [0, 0.05) is 17.2 Å². The molecule has 0 bridgehead atoms. The average molecular weight is 595 g/mol. The summed E-state index contributed by atoms with van der Waals surface area (Å²) in [6, 6.07) is 11.8. The number of nitro benzene ring substituents is 1. The minimum atomic E-state index is -4.83. The minimum absolute atomic E-state index is 0.00511. The monoisotopic (exact) mass is 594 g/mol. The summed E-state index contributed by atoms with van der Waals surface area (Å²) in [6.07, 6.45) is -4.83. The van der Waals surface area contributed by atoms with E-state index in [0.29, 0.717) is 14.4 Å². The topological polar surface area (TPSA) is 125 Å². The van der Waals surface area contributed by atoms with Crippen LogP contribution in [-0.4, -0.2) is 30.4 Å². The first kappa shape index (κ1) is 26.3. The Labute approximate surface area is 229 Å². The zero-order chi connectivity index (χ0) is 27.9. The van der Waals surface area contributed by atoms with Crippen LogP contribution in [0.25, 0.3) is 16.3 Å². The molecule has 3 heterocycles. The van der Waals surface area contributed by atoms with E-state index in [1.807, 2.05) is 0 Å². The normalized spacial score (nSPS) is 11.5. The van der Waals surface area contributed by atoms with Gasteiger partial charge in [-0.3, -0.25) is 14.9 Å². The molecule has 0 aliphatic carbocycles. The molecule has 0 fully saturated rings. The third-order valence-corrected chi connectivity index (χ3v) is 6.48. The molecule has 3 aromatic heterocycles. The lowest BCUT2D eigenvalue weighted by molar-refractivity contribution is -0.384. The number of benzene rings is 2. The van der Waals surface area contributed by atoms with Crippen LogP contribution in [-0.2, 0) is 6.18 Å². The van der Waals surface area contributed by atoms with Crippen molar-refractivity contribution in [3.63, 3.8) is 0 Å². The number of anilines is 1. The van der Waals surface area contributed by atoms with Gasteiger partial charge in [0.05, 0.1) is 32.3 Å². The van der Waals surface area contributed by atoms with Gasteiger partial charge >= 0.3 is 6.18 Å². The minimum Gasteiger partial charge on any atom is -0.455 e. The van der Waals surface area contributed by atoms with Crippen LogP contribution in [0.5, 0.6) is 11.5 Å². The Bertz CT molecular complexity index is 1740. The predicted octanol–water partition coefficient (Wildman–Crippen LogP) is 7.13. The number of non-ortho nitro benzene ring substituents is 1. The molecule has 0 aliphatic heterocycles. The highest BCUT2D eigenvalue weighted by atomic mass is 35.5. The molecule has 0 saturated carbocycles. The fourth-order valence-corrected chi connectivity index (χ4v) is 4.54. The molecule has 39 heavy (non-hydrogen) atoms. The number of carbonyl (C=O) groups is 1. The number of aromatic nitrogens is 4. The van der Waals surface area contributed by atoms with Gasteiger partial charge in [0.25, 0.3) is 17.4 Å². The molecule has 5 rings (SSSR count). The molecule has 1 N–H and O–H groups in total. The zero-order valence-electron chi connectivity index (χ0n) is 18.9. The highest BCUT2D eigenvalue weighted by Crippen LogP contribution is 2.35. The zero-order valence-corrected chi connectivity index (χ0v) is 21.3. The SMILES string of the molecule is O=C(Nc1cc(Oc2ccc(Cl)cc2Cl)cc([N+](=O)[O-])c1)c1nc2nc(-c3cccs3)cc(C(F)(F)F)n2n1. The average Bonchev–Trinajstić information content (AvgIpc) is 3.54. The summed E-state index contributed by atoms with van der Waals surface area (Å²) < 4.78 is 47.4. The van der Waals surface area contributed by atoms with Crippen LogP contribution in [0.1, 0.15) is 16.3 Å². The molecule has 0 unspecified atom stereocenters. The summed E-state index contributed by atoms with van der Waals surface area (Å²) in [4.78, 5) is 32.1. The number of hydrogen-bond acceptors (Lipinski definition) is 8. The molecule has 1 amide bonds. The summed E-state index contributed by atoms with van der Waals surface area (Å²) in [5.74, 6) is -2.08. The highest BCUT2D eigenvalue weighted by Gasteiger charge is 2.36. The van der Waals surface area contributed by atoms with Crippen molar-refractivity contribution in [2.45, 2.75) is 6.18 Å². The largest absolute Gasteiger partial charge is 0.455 e. The number of halogens is 5. The second kappa shape index (κ2) is 10.1. The van der Waals surface area contributed by atoms with Crippen molar-refractivity contribution in [2.75, 3.05) is 5.32 Å². The number of fused-ring (bicyclic) bond motifs is 1. The Hall–Kier alpha value is -4.27. The van der Waals surface area contributed by atoms with Crippen molar-refractivity contribution in [3.8, 4) is 22.1 Å². The Morgan fingerprint density at radius 2 is 1.90 bits per heavy atom. The lowest BCUT2D eigenvalue weighted by Crippen LogP contribution is -2.16. The van der Waals surface area contributed by atoms with Gasteiger partial charge in [-0.25, -0.2) is 4.98 Å². The van der Waals surface area contributed by atoms with E-state index in [1.54, 1.807) is 17.5 Å². The second-order valence-electron chi connectivity index (χ2n) is 7.75. The maximum absolute atomic E-state index is 13.8. The summed E-state index contributed by atoms with van der Waals surface area (Å²) in [5, 5.41) is 19.6. The van der Waals surface area contributed by atoms with Crippen LogP contribution >= 0.6 is 34.5 Å². The van der Waals surface area contributed by atoms with E-state index in [2.05, 4.69) is 20.4 Å². The van der Waals surface area contributed by atoms with Gasteiger partial charge in [0.15, 0.2) is 5.69 Å².